The van der Waals surface area contributed by atoms with Crippen LogP contribution in [0, 0.1) is 0 Å². The maximum atomic E-state index is 6.08. The Hall–Kier alpha value is -2.33. The van der Waals surface area contributed by atoms with Crippen LogP contribution >= 0.6 is 0 Å². The molecule has 1 aliphatic heterocycles. The predicted molar refractivity (Wildman–Crippen MR) is 111 cm³/mol. The zero-order valence-corrected chi connectivity index (χ0v) is 16.4. The number of nitrogens with zero attached hydrogens (tertiary/aromatic N) is 3. The average molecular weight is 364 g/mol. The van der Waals surface area contributed by atoms with Crippen molar-refractivity contribution in [3.05, 3.63) is 59.7 Å². The summed E-state index contributed by atoms with van der Waals surface area (Å²) < 4.78 is 8.14. The van der Waals surface area contributed by atoms with Crippen molar-refractivity contribution < 1.29 is 4.74 Å². The van der Waals surface area contributed by atoms with Crippen molar-refractivity contribution in [3.8, 4) is 5.88 Å². The van der Waals surface area contributed by atoms with E-state index < -0.39 is 0 Å². The van der Waals surface area contributed by atoms with E-state index >= 15 is 0 Å². The molecular formula is C23H29N3O. The van der Waals surface area contributed by atoms with Gasteiger partial charge in [-0.25, -0.2) is 0 Å². The van der Waals surface area contributed by atoms with Crippen molar-refractivity contribution >= 4 is 10.9 Å². The first-order valence-corrected chi connectivity index (χ1v) is 10.1. The van der Waals surface area contributed by atoms with E-state index in [2.05, 4.69) is 72.0 Å². The molecule has 0 radical (unpaired) electrons. The van der Waals surface area contributed by atoms with Crippen LogP contribution in [0.5, 0.6) is 5.88 Å². The van der Waals surface area contributed by atoms with Crippen molar-refractivity contribution in [2.75, 3.05) is 26.2 Å². The van der Waals surface area contributed by atoms with Crippen LogP contribution in [0.1, 0.15) is 43.7 Å². The fourth-order valence-electron chi connectivity index (χ4n) is 3.78. The van der Waals surface area contributed by atoms with Gasteiger partial charge in [0.25, 0.3) is 0 Å². The Kier molecular flexibility index (Phi) is 5.44. The Morgan fingerprint density at radius 2 is 1.74 bits per heavy atom. The van der Waals surface area contributed by atoms with Crippen molar-refractivity contribution in [1.82, 2.24) is 14.7 Å². The number of likely N-dealkylation sites (tertiary alicyclic amines) is 1. The molecule has 142 valence electrons. The highest BCUT2D eigenvalue weighted by Gasteiger charge is 2.14. The second kappa shape index (κ2) is 8.13. The van der Waals surface area contributed by atoms with E-state index in [-0.39, 0.29) is 0 Å². The fourth-order valence-corrected chi connectivity index (χ4v) is 3.78. The van der Waals surface area contributed by atoms with Crippen molar-refractivity contribution in [2.24, 2.45) is 0 Å². The molecular weight excluding hydrogens is 334 g/mol. The summed E-state index contributed by atoms with van der Waals surface area (Å²) in [7, 11) is 0. The molecule has 27 heavy (non-hydrogen) atoms. The van der Waals surface area contributed by atoms with E-state index in [0.717, 1.165) is 29.9 Å². The van der Waals surface area contributed by atoms with Crippen LogP contribution in [0.15, 0.2) is 48.5 Å². The number of fused-ring (bicyclic) bond motifs is 1. The molecule has 2 heterocycles. The molecule has 1 fully saturated rings. The maximum absolute atomic E-state index is 6.08. The molecule has 0 unspecified atom stereocenters. The van der Waals surface area contributed by atoms with E-state index in [1.54, 1.807) is 0 Å². The molecule has 0 saturated carbocycles. The van der Waals surface area contributed by atoms with Gasteiger partial charge in [-0.2, -0.15) is 0 Å². The third kappa shape index (κ3) is 4.16. The Bertz CT molecular complexity index is 876. The minimum atomic E-state index is 0.556. The van der Waals surface area contributed by atoms with Crippen LogP contribution < -0.4 is 4.74 Å². The second-order valence-electron chi connectivity index (χ2n) is 7.77. The number of benzene rings is 2. The molecule has 4 nitrogen and oxygen atoms in total. The molecule has 0 bridgehead atoms. The van der Waals surface area contributed by atoms with Crippen LogP contribution in [-0.2, 0) is 6.54 Å². The lowest BCUT2D eigenvalue weighted by Gasteiger charge is -2.13. The lowest BCUT2D eigenvalue weighted by atomic mass is 10.0. The average Bonchev–Trinajstić information content (AvgIpc) is 3.31. The number of ether oxygens (including phenoxy) is 1. The summed E-state index contributed by atoms with van der Waals surface area (Å²) in [6.07, 6.45) is 2.63. The monoisotopic (exact) mass is 363 g/mol. The maximum Gasteiger partial charge on any atom is 0.240 e. The van der Waals surface area contributed by atoms with Crippen LogP contribution in [-0.4, -0.2) is 40.9 Å². The first kappa shape index (κ1) is 18.1. The molecule has 1 aliphatic rings. The van der Waals surface area contributed by atoms with E-state index in [1.807, 2.05) is 0 Å². The topological polar surface area (TPSA) is 30.3 Å². The van der Waals surface area contributed by atoms with Gasteiger partial charge in [-0.05, 0) is 55.1 Å². The SMILES string of the molecule is CC(C)c1ccc(Cn2nc(OCCN3CCCC3)c3ccccc32)cc1. The summed E-state index contributed by atoms with van der Waals surface area (Å²) in [6, 6.07) is 17.2. The van der Waals surface area contributed by atoms with Crippen LogP contribution in [0.2, 0.25) is 0 Å². The Labute approximate surface area is 161 Å². The first-order valence-electron chi connectivity index (χ1n) is 10.1. The summed E-state index contributed by atoms with van der Waals surface area (Å²) in [4.78, 5) is 2.47. The lowest BCUT2D eigenvalue weighted by Crippen LogP contribution is -2.25. The smallest absolute Gasteiger partial charge is 0.240 e. The van der Waals surface area contributed by atoms with Gasteiger partial charge in [0, 0.05) is 6.54 Å². The summed E-state index contributed by atoms with van der Waals surface area (Å²) in [5.41, 5.74) is 3.76. The third-order valence-corrected chi connectivity index (χ3v) is 5.45. The van der Waals surface area contributed by atoms with Gasteiger partial charge in [0.1, 0.15) is 6.61 Å². The molecule has 1 saturated heterocycles. The van der Waals surface area contributed by atoms with Crippen molar-refractivity contribution in [3.63, 3.8) is 0 Å². The lowest BCUT2D eigenvalue weighted by molar-refractivity contribution is 0.232. The molecule has 0 amide bonds. The molecule has 0 spiro atoms. The highest BCUT2D eigenvalue weighted by Crippen LogP contribution is 2.26. The molecule has 2 aromatic carbocycles. The Morgan fingerprint density at radius 3 is 2.48 bits per heavy atom. The number of hydrogen-bond donors (Lipinski definition) is 0. The number of aromatic nitrogens is 2. The number of hydrogen-bond acceptors (Lipinski definition) is 3. The zero-order chi connectivity index (χ0) is 18.6. The van der Waals surface area contributed by atoms with Gasteiger partial charge in [-0.3, -0.25) is 9.58 Å². The van der Waals surface area contributed by atoms with Gasteiger partial charge in [-0.1, -0.05) is 50.2 Å². The number of rotatable bonds is 7. The van der Waals surface area contributed by atoms with E-state index in [0.29, 0.717) is 12.5 Å². The van der Waals surface area contributed by atoms with Gasteiger partial charge >= 0.3 is 0 Å². The van der Waals surface area contributed by atoms with Crippen molar-refractivity contribution in [1.29, 1.82) is 0 Å². The van der Waals surface area contributed by atoms with Gasteiger partial charge in [0.15, 0.2) is 0 Å². The van der Waals surface area contributed by atoms with Crippen LogP contribution in [0.3, 0.4) is 0 Å². The quantitative estimate of drug-likeness (QED) is 0.610. The summed E-state index contributed by atoms with van der Waals surface area (Å²) in [5, 5.41) is 5.88. The van der Waals surface area contributed by atoms with E-state index in [9.17, 15) is 0 Å². The number of para-hydroxylation sites is 1. The molecule has 0 N–H and O–H groups in total. The van der Waals surface area contributed by atoms with Crippen LogP contribution in [0.25, 0.3) is 10.9 Å². The Balaban J connectivity index is 1.50. The van der Waals surface area contributed by atoms with Crippen molar-refractivity contribution in [2.45, 2.75) is 39.2 Å². The van der Waals surface area contributed by atoms with E-state index in [4.69, 9.17) is 9.84 Å². The molecule has 4 heteroatoms. The second-order valence-corrected chi connectivity index (χ2v) is 7.77. The van der Waals surface area contributed by atoms with Gasteiger partial charge in [0.05, 0.1) is 17.4 Å². The standard InChI is InChI=1S/C23H29N3O/c1-18(2)20-11-9-19(10-12-20)17-26-22-8-4-3-7-21(22)23(24-26)27-16-15-25-13-5-6-14-25/h3-4,7-12,18H,5-6,13-17H2,1-2H3. The fraction of sp³-hybridized carbons (Fsp3) is 0.435. The Morgan fingerprint density at radius 1 is 1.00 bits per heavy atom. The first-order chi connectivity index (χ1) is 13.2. The normalized spacial score (nSPS) is 15.1. The van der Waals surface area contributed by atoms with Gasteiger partial charge in [0.2, 0.25) is 5.88 Å². The zero-order valence-electron chi connectivity index (χ0n) is 16.4. The van der Waals surface area contributed by atoms with Crippen LogP contribution in [0.4, 0.5) is 0 Å². The van der Waals surface area contributed by atoms with Gasteiger partial charge < -0.3 is 4.74 Å². The minimum Gasteiger partial charge on any atom is -0.475 e. The largest absolute Gasteiger partial charge is 0.475 e. The summed E-state index contributed by atoms with van der Waals surface area (Å²) >= 11 is 0. The molecule has 0 aliphatic carbocycles. The summed E-state index contributed by atoms with van der Waals surface area (Å²) in [5.74, 6) is 1.31. The third-order valence-electron chi connectivity index (χ3n) is 5.45. The van der Waals surface area contributed by atoms with E-state index in [1.165, 1.54) is 37.1 Å². The molecule has 0 atom stereocenters. The van der Waals surface area contributed by atoms with Gasteiger partial charge in [-0.15, -0.1) is 5.10 Å². The molecule has 4 rings (SSSR count). The highest BCUT2D eigenvalue weighted by molar-refractivity contribution is 5.84. The minimum absolute atomic E-state index is 0.556. The molecule has 1 aromatic heterocycles. The highest BCUT2D eigenvalue weighted by atomic mass is 16.5. The summed E-state index contributed by atoms with van der Waals surface area (Å²) in [6.45, 7) is 9.29. The molecule has 3 aromatic rings. The predicted octanol–water partition coefficient (Wildman–Crippen LogP) is 4.68.